The highest BCUT2D eigenvalue weighted by Gasteiger charge is 2.28. The number of benzene rings is 4. The molecule has 0 spiro atoms. The zero-order chi connectivity index (χ0) is 49.6. The number of phenolic OH excluding ortho intramolecular Hbond substituents is 2. The van der Waals surface area contributed by atoms with Gasteiger partial charge in [-0.05, 0) is 73.2 Å². The molecular weight excluding hydrogens is 877 g/mol. The lowest BCUT2D eigenvalue weighted by Crippen LogP contribution is -2.56. The third kappa shape index (κ3) is 18.6. The van der Waals surface area contributed by atoms with Gasteiger partial charge in [-0.1, -0.05) is 84.9 Å². The third-order valence-electron chi connectivity index (χ3n) is 10.4. The number of carbonyl (C=O) groups is 8. The molecule has 0 aliphatic heterocycles. The Kier molecular flexibility index (Phi) is 20.9. The number of aromatic hydroxyl groups is 2. The summed E-state index contributed by atoms with van der Waals surface area (Å²) >= 11 is 0. The van der Waals surface area contributed by atoms with Crippen molar-refractivity contribution in [2.75, 3.05) is 26.2 Å². The zero-order valence-corrected chi connectivity index (χ0v) is 37.8. The number of carbonyl (C=O) groups excluding carboxylic acids is 8. The number of hydrogen-bond acceptors (Lipinski definition) is 12. The van der Waals surface area contributed by atoms with E-state index in [1.54, 1.807) is 84.9 Å². The van der Waals surface area contributed by atoms with Gasteiger partial charge in [-0.2, -0.15) is 0 Å². The maximum absolute atomic E-state index is 13.3. The topological polar surface area (TPSA) is 325 Å². The van der Waals surface area contributed by atoms with Gasteiger partial charge >= 0.3 is 0 Å². The maximum Gasteiger partial charge on any atom is 0.243 e. The summed E-state index contributed by atoms with van der Waals surface area (Å²) < 4.78 is 0. The summed E-state index contributed by atoms with van der Waals surface area (Å²) in [5, 5.41) is 39.5. The van der Waals surface area contributed by atoms with Gasteiger partial charge in [0.05, 0.1) is 25.2 Å². The lowest BCUT2D eigenvalue weighted by Gasteiger charge is -2.22. The monoisotopic (exact) mass is 936 g/mol. The van der Waals surface area contributed by atoms with Crippen molar-refractivity contribution in [2.24, 2.45) is 11.5 Å². The SMILES string of the molecule is C[C@@H](NC(=O)[C@@H](N)Cc1ccc(O)cc1)C(=O)N[C@@H](Cc1ccccc1)C(=O)NCC(=O)NCCNC(=O)CNC(=O)[C@H](Cc1ccccc1)NC(=O)[C@@H](C)NC(=O)[C@@H](N)Cc1ccc(O)cc1. The van der Waals surface area contributed by atoms with E-state index in [-0.39, 0.29) is 50.3 Å². The first-order valence-corrected chi connectivity index (χ1v) is 21.9. The molecule has 14 N–H and O–H groups in total. The van der Waals surface area contributed by atoms with Crippen molar-refractivity contribution < 1.29 is 48.6 Å². The molecule has 0 aliphatic carbocycles. The Balaban J connectivity index is 1.20. The lowest BCUT2D eigenvalue weighted by molar-refractivity contribution is -0.132. The molecule has 20 nitrogen and oxygen atoms in total. The Bertz CT molecular complexity index is 2160. The molecule has 0 saturated carbocycles. The van der Waals surface area contributed by atoms with Crippen LogP contribution in [0.15, 0.2) is 109 Å². The first kappa shape index (κ1) is 52.8. The van der Waals surface area contributed by atoms with E-state index in [4.69, 9.17) is 11.5 Å². The van der Waals surface area contributed by atoms with Gasteiger partial charge in [0, 0.05) is 25.9 Å². The van der Waals surface area contributed by atoms with Crippen LogP contribution in [0, 0.1) is 0 Å². The van der Waals surface area contributed by atoms with Crippen LogP contribution in [0.5, 0.6) is 11.5 Å². The summed E-state index contributed by atoms with van der Waals surface area (Å²) in [6.07, 6.45) is 0.440. The number of nitrogens with two attached hydrogens (primary N) is 2. The molecule has 0 aromatic heterocycles. The van der Waals surface area contributed by atoms with Crippen LogP contribution >= 0.6 is 0 Å². The quantitative estimate of drug-likeness (QED) is 0.0337. The minimum absolute atomic E-state index is 0.0421. The van der Waals surface area contributed by atoms with Crippen LogP contribution in [0.2, 0.25) is 0 Å². The highest BCUT2D eigenvalue weighted by molar-refractivity contribution is 5.95. The van der Waals surface area contributed by atoms with E-state index >= 15 is 0 Å². The summed E-state index contributed by atoms with van der Waals surface area (Å²) in [7, 11) is 0. The largest absolute Gasteiger partial charge is 0.508 e. The van der Waals surface area contributed by atoms with Gasteiger partial charge in [-0.15, -0.1) is 0 Å². The predicted molar refractivity (Wildman–Crippen MR) is 251 cm³/mol. The van der Waals surface area contributed by atoms with Gasteiger partial charge in [0.25, 0.3) is 0 Å². The number of rotatable bonds is 25. The van der Waals surface area contributed by atoms with E-state index in [0.717, 1.165) is 0 Å². The summed E-state index contributed by atoms with van der Waals surface area (Å²) in [4.78, 5) is 104. The van der Waals surface area contributed by atoms with Crippen molar-refractivity contribution >= 4 is 47.3 Å². The number of phenols is 2. The van der Waals surface area contributed by atoms with E-state index in [1.165, 1.54) is 38.1 Å². The van der Waals surface area contributed by atoms with Crippen molar-refractivity contribution in [3.8, 4) is 11.5 Å². The van der Waals surface area contributed by atoms with Gasteiger partial charge in [0.1, 0.15) is 35.7 Å². The minimum Gasteiger partial charge on any atom is -0.508 e. The first-order chi connectivity index (χ1) is 32.5. The molecule has 68 heavy (non-hydrogen) atoms. The number of hydrogen-bond donors (Lipinski definition) is 12. The Morgan fingerprint density at radius 2 is 0.735 bits per heavy atom. The van der Waals surface area contributed by atoms with Crippen molar-refractivity contribution in [2.45, 2.75) is 75.8 Å². The van der Waals surface area contributed by atoms with Gasteiger partial charge < -0.3 is 64.2 Å². The predicted octanol–water partition coefficient (Wildman–Crippen LogP) is -1.53. The molecule has 0 fully saturated rings. The third-order valence-corrected chi connectivity index (χ3v) is 10.4. The highest BCUT2D eigenvalue weighted by atomic mass is 16.3. The molecule has 20 heteroatoms. The van der Waals surface area contributed by atoms with Crippen molar-refractivity contribution in [3.63, 3.8) is 0 Å². The fraction of sp³-hybridized carbons (Fsp3) is 0.333. The maximum atomic E-state index is 13.3. The van der Waals surface area contributed by atoms with Crippen LogP contribution in [0.25, 0.3) is 0 Å². The molecule has 0 unspecified atom stereocenters. The number of nitrogens with one attached hydrogen (secondary N) is 8. The van der Waals surface area contributed by atoms with Crippen LogP contribution in [-0.4, -0.2) is 120 Å². The Morgan fingerprint density at radius 1 is 0.412 bits per heavy atom. The second kappa shape index (κ2) is 27.0. The average molecular weight is 937 g/mol. The zero-order valence-electron chi connectivity index (χ0n) is 37.8. The standard InChI is InChI=1S/C48H60N10O10/c1-29(55-45(65)37(49)23-33-13-17-35(59)18-14-33)43(63)57-39(25-31-9-5-3-6-10-31)47(67)53-27-41(61)51-21-22-52-42(62)28-54-48(68)40(26-32-11-7-4-8-12-32)58-44(64)30(2)56-46(66)38(50)24-34-15-19-36(60)20-16-34/h3-20,29-30,37-40,59-60H,21-28,49-50H2,1-2H3,(H,51,61)(H,52,62)(H,53,67)(H,54,68)(H,55,65)(H,56,66)(H,57,63)(H,58,64)/t29-,30-,37+,38+,39+,40+/m1/s1. The molecular formula is C48H60N10O10. The van der Waals surface area contributed by atoms with E-state index in [9.17, 15) is 48.6 Å². The van der Waals surface area contributed by atoms with E-state index < -0.39 is 96.6 Å². The minimum atomic E-state index is -1.13. The van der Waals surface area contributed by atoms with Crippen LogP contribution in [0.3, 0.4) is 0 Å². The normalized spacial score (nSPS) is 13.4. The fourth-order valence-corrected chi connectivity index (χ4v) is 6.55. The van der Waals surface area contributed by atoms with Crippen molar-refractivity contribution in [3.05, 3.63) is 131 Å². The summed E-state index contributed by atoms with van der Waals surface area (Å²) in [5.41, 5.74) is 14.9. The molecule has 4 rings (SSSR count). The summed E-state index contributed by atoms with van der Waals surface area (Å²) in [6, 6.07) is 23.7. The molecule has 0 heterocycles. The molecule has 0 saturated heterocycles. The lowest BCUT2D eigenvalue weighted by atomic mass is 10.0. The van der Waals surface area contributed by atoms with E-state index in [0.29, 0.717) is 22.3 Å². The fourth-order valence-electron chi connectivity index (χ4n) is 6.55. The van der Waals surface area contributed by atoms with Crippen LogP contribution in [0.1, 0.15) is 36.1 Å². The Morgan fingerprint density at radius 3 is 1.07 bits per heavy atom. The Labute approximate surface area is 393 Å². The molecule has 4 aromatic carbocycles. The summed E-state index contributed by atoms with van der Waals surface area (Å²) in [6.45, 7) is 1.86. The average Bonchev–Trinajstić information content (AvgIpc) is 3.32. The van der Waals surface area contributed by atoms with Gasteiger partial charge in [-0.3, -0.25) is 38.4 Å². The Hall–Kier alpha value is -7.84. The number of amides is 8. The van der Waals surface area contributed by atoms with Crippen molar-refractivity contribution in [1.82, 2.24) is 42.5 Å². The van der Waals surface area contributed by atoms with E-state index in [2.05, 4.69) is 42.5 Å². The second-order valence-corrected chi connectivity index (χ2v) is 16.1. The first-order valence-electron chi connectivity index (χ1n) is 21.9. The smallest absolute Gasteiger partial charge is 0.243 e. The molecule has 6 atom stereocenters. The van der Waals surface area contributed by atoms with E-state index in [1.807, 2.05) is 0 Å². The van der Waals surface area contributed by atoms with Crippen molar-refractivity contribution in [1.29, 1.82) is 0 Å². The van der Waals surface area contributed by atoms with Crippen LogP contribution < -0.4 is 54.0 Å². The highest BCUT2D eigenvalue weighted by Crippen LogP contribution is 2.13. The molecule has 362 valence electrons. The van der Waals surface area contributed by atoms with Gasteiger partial charge in [0.2, 0.25) is 47.3 Å². The molecule has 0 radical (unpaired) electrons. The molecule has 8 amide bonds. The molecule has 4 aromatic rings. The molecule has 0 bridgehead atoms. The molecule has 0 aliphatic rings. The summed E-state index contributed by atoms with van der Waals surface area (Å²) in [5.74, 6) is -4.94. The van der Waals surface area contributed by atoms with Crippen LogP contribution in [0.4, 0.5) is 0 Å². The second-order valence-electron chi connectivity index (χ2n) is 16.1. The van der Waals surface area contributed by atoms with Gasteiger partial charge in [0.15, 0.2) is 0 Å². The van der Waals surface area contributed by atoms with Gasteiger partial charge in [-0.25, -0.2) is 0 Å². The van der Waals surface area contributed by atoms with Crippen LogP contribution in [-0.2, 0) is 64.0 Å².